The molecule has 2 aromatic carbocycles. The first-order chi connectivity index (χ1) is 14.5. The molecule has 3 rings (SSSR count). The van der Waals surface area contributed by atoms with Gasteiger partial charge in [-0.3, -0.25) is 9.59 Å². The first-order valence-electron chi connectivity index (χ1n) is 9.75. The molecule has 1 fully saturated rings. The van der Waals surface area contributed by atoms with Crippen molar-refractivity contribution in [1.82, 2.24) is 9.80 Å². The molecule has 0 saturated carbocycles. The zero-order chi connectivity index (χ0) is 21.5. The highest BCUT2D eigenvalue weighted by atomic mass is 79.9. The van der Waals surface area contributed by atoms with Crippen molar-refractivity contribution in [2.24, 2.45) is 0 Å². The van der Waals surface area contributed by atoms with E-state index in [1.165, 1.54) is 0 Å². The van der Waals surface area contributed by atoms with Gasteiger partial charge in [0.2, 0.25) is 5.91 Å². The summed E-state index contributed by atoms with van der Waals surface area (Å²) in [7, 11) is 3.11. The molecule has 0 unspecified atom stereocenters. The Kier molecular flexibility index (Phi) is 7.52. The Morgan fingerprint density at radius 3 is 2.27 bits per heavy atom. The molecule has 2 amide bonds. The van der Waals surface area contributed by atoms with Crippen molar-refractivity contribution in [3.05, 3.63) is 64.1 Å². The maximum atomic E-state index is 12.9. The summed E-state index contributed by atoms with van der Waals surface area (Å²) in [5, 5.41) is 0. The SMILES string of the molecule is COc1ccc(C(=O)N2CCCN(C(=O)/C=C/c3ccc(Br)cc3)CC2)cc1OC. The van der Waals surface area contributed by atoms with E-state index < -0.39 is 0 Å². The fourth-order valence-electron chi connectivity index (χ4n) is 3.34. The number of nitrogens with zero attached hydrogens (tertiary/aromatic N) is 2. The Hall–Kier alpha value is -2.80. The van der Waals surface area contributed by atoms with E-state index in [1.807, 2.05) is 30.3 Å². The maximum Gasteiger partial charge on any atom is 0.254 e. The van der Waals surface area contributed by atoms with Gasteiger partial charge in [0.05, 0.1) is 14.2 Å². The van der Waals surface area contributed by atoms with E-state index in [0.29, 0.717) is 43.2 Å². The predicted octanol–water partition coefficient (Wildman–Crippen LogP) is 3.85. The van der Waals surface area contributed by atoms with Gasteiger partial charge in [0.1, 0.15) is 0 Å². The number of hydrogen-bond donors (Lipinski definition) is 0. The molecule has 1 heterocycles. The number of carbonyl (C=O) groups is 2. The Morgan fingerprint density at radius 2 is 1.57 bits per heavy atom. The van der Waals surface area contributed by atoms with Crippen molar-refractivity contribution in [3.63, 3.8) is 0 Å². The number of rotatable bonds is 5. The van der Waals surface area contributed by atoms with E-state index >= 15 is 0 Å². The second-order valence-electron chi connectivity index (χ2n) is 6.93. The van der Waals surface area contributed by atoms with Crippen molar-refractivity contribution in [2.45, 2.75) is 6.42 Å². The second-order valence-corrected chi connectivity index (χ2v) is 7.84. The fraction of sp³-hybridized carbons (Fsp3) is 0.304. The van der Waals surface area contributed by atoms with Gasteiger partial charge in [0.25, 0.3) is 5.91 Å². The molecular formula is C23H25BrN2O4. The number of amides is 2. The first-order valence-corrected chi connectivity index (χ1v) is 10.5. The van der Waals surface area contributed by atoms with Gasteiger partial charge in [-0.25, -0.2) is 0 Å². The second kappa shape index (κ2) is 10.3. The molecule has 1 aliphatic rings. The first kappa shape index (κ1) is 21.9. The molecule has 1 aliphatic heterocycles. The lowest BCUT2D eigenvalue weighted by Gasteiger charge is -2.22. The topological polar surface area (TPSA) is 59.1 Å². The summed E-state index contributed by atoms with van der Waals surface area (Å²) in [5.74, 6) is 0.987. The van der Waals surface area contributed by atoms with E-state index in [9.17, 15) is 9.59 Å². The quantitative estimate of drug-likeness (QED) is 0.620. The van der Waals surface area contributed by atoms with Gasteiger partial charge in [0.15, 0.2) is 11.5 Å². The van der Waals surface area contributed by atoms with Crippen LogP contribution in [-0.2, 0) is 4.79 Å². The van der Waals surface area contributed by atoms with Crippen molar-refractivity contribution in [2.75, 3.05) is 40.4 Å². The number of methoxy groups -OCH3 is 2. The molecule has 1 saturated heterocycles. The summed E-state index contributed by atoms with van der Waals surface area (Å²) in [5.41, 5.74) is 1.51. The summed E-state index contributed by atoms with van der Waals surface area (Å²) < 4.78 is 11.5. The lowest BCUT2D eigenvalue weighted by molar-refractivity contribution is -0.125. The molecule has 0 atom stereocenters. The van der Waals surface area contributed by atoms with Crippen molar-refractivity contribution in [3.8, 4) is 11.5 Å². The van der Waals surface area contributed by atoms with Gasteiger partial charge in [-0.1, -0.05) is 28.1 Å². The Morgan fingerprint density at radius 1 is 0.900 bits per heavy atom. The van der Waals surface area contributed by atoms with Crippen molar-refractivity contribution < 1.29 is 19.1 Å². The summed E-state index contributed by atoms with van der Waals surface area (Å²) in [6.45, 7) is 2.22. The van der Waals surface area contributed by atoms with Crippen LogP contribution in [0.15, 0.2) is 53.0 Å². The van der Waals surface area contributed by atoms with Crippen LogP contribution in [0.1, 0.15) is 22.3 Å². The van der Waals surface area contributed by atoms with Gasteiger partial charge in [0, 0.05) is 42.3 Å². The molecule has 158 valence electrons. The largest absolute Gasteiger partial charge is 0.493 e. The van der Waals surface area contributed by atoms with Gasteiger partial charge < -0.3 is 19.3 Å². The monoisotopic (exact) mass is 472 g/mol. The number of hydrogen-bond acceptors (Lipinski definition) is 4. The third-order valence-corrected chi connectivity index (χ3v) is 5.54. The van der Waals surface area contributed by atoms with Crippen LogP contribution in [0.3, 0.4) is 0 Å². The molecular weight excluding hydrogens is 448 g/mol. The fourth-order valence-corrected chi connectivity index (χ4v) is 3.60. The molecule has 2 aromatic rings. The average Bonchev–Trinajstić information content (AvgIpc) is 3.04. The lowest BCUT2D eigenvalue weighted by Crippen LogP contribution is -2.36. The minimum atomic E-state index is -0.0735. The van der Waals surface area contributed by atoms with Crippen molar-refractivity contribution in [1.29, 1.82) is 0 Å². The van der Waals surface area contributed by atoms with E-state index in [4.69, 9.17) is 9.47 Å². The molecule has 6 nitrogen and oxygen atoms in total. The number of carbonyl (C=O) groups excluding carboxylic acids is 2. The van der Waals surface area contributed by atoms with E-state index in [1.54, 1.807) is 48.3 Å². The zero-order valence-electron chi connectivity index (χ0n) is 17.1. The summed E-state index contributed by atoms with van der Waals surface area (Å²) >= 11 is 3.40. The average molecular weight is 473 g/mol. The van der Waals surface area contributed by atoms with Gasteiger partial charge in [-0.15, -0.1) is 0 Å². The molecule has 0 N–H and O–H groups in total. The number of halogens is 1. The Bertz CT molecular complexity index is 927. The van der Waals surface area contributed by atoms with Crippen molar-refractivity contribution >= 4 is 33.8 Å². The van der Waals surface area contributed by atoms with E-state index in [0.717, 1.165) is 16.5 Å². The van der Waals surface area contributed by atoms with Gasteiger partial charge in [-0.2, -0.15) is 0 Å². The minimum absolute atomic E-state index is 0.0432. The molecule has 0 aliphatic carbocycles. The highest BCUT2D eigenvalue weighted by Crippen LogP contribution is 2.28. The molecule has 7 heteroatoms. The normalized spacial score (nSPS) is 14.5. The molecule has 0 spiro atoms. The molecule has 0 radical (unpaired) electrons. The predicted molar refractivity (Wildman–Crippen MR) is 120 cm³/mol. The lowest BCUT2D eigenvalue weighted by atomic mass is 10.1. The van der Waals surface area contributed by atoms with Gasteiger partial charge in [-0.05, 0) is 48.4 Å². The highest BCUT2D eigenvalue weighted by Gasteiger charge is 2.22. The number of ether oxygens (including phenoxy) is 2. The molecule has 0 bridgehead atoms. The van der Waals surface area contributed by atoms with Crippen LogP contribution in [0.2, 0.25) is 0 Å². The van der Waals surface area contributed by atoms with Crippen LogP contribution in [0.4, 0.5) is 0 Å². The van der Waals surface area contributed by atoms with Crippen LogP contribution >= 0.6 is 15.9 Å². The molecule has 0 aromatic heterocycles. The molecule has 30 heavy (non-hydrogen) atoms. The number of benzene rings is 2. The van der Waals surface area contributed by atoms with Crippen LogP contribution in [0.25, 0.3) is 6.08 Å². The van der Waals surface area contributed by atoms with Crippen LogP contribution in [0.5, 0.6) is 11.5 Å². The van der Waals surface area contributed by atoms with Crippen LogP contribution in [-0.4, -0.2) is 62.0 Å². The van der Waals surface area contributed by atoms with Crippen LogP contribution in [0, 0.1) is 0 Å². The highest BCUT2D eigenvalue weighted by molar-refractivity contribution is 9.10. The van der Waals surface area contributed by atoms with Gasteiger partial charge >= 0.3 is 0 Å². The minimum Gasteiger partial charge on any atom is -0.493 e. The summed E-state index contributed by atoms with van der Waals surface area (Å²) in [6.07, 6.45) is 4.14. The summed E-state index contributed by atoms with van der Waals surface area (Å²) in [4.78, 5) is 29.1. The smallest absolute Gasteiger partial charge is 0.254 e. The summed E-state index contributed by atoms with van der Waals surface area (Å²) in [6, 6.07) is 12.9. The Balaban J connectivity index is 1.62. The third kappa shape index (κ3) is 5.42. The zero-order valence-corrected chi connectivity index (χ0v) is 18.7. The Labute approximate surface area is 185 Å². The maximum absolute atomic E-state index is 12.9. The third-order valence-electron chi connectivity index (χ3n) is 5.01. The van der Waals surface area contributed by atoms with E-state index in [-0.39, 0.29) is 11.8 Å². The standard InChI is InChI=1S/C23H25BrN2O4/c1-29-20-10-7-18(16-21(20)30-2)23(28)26-13-3-12-25(14-15-26)22(27)11-6-17-4-8-19(24)9-5-17/h4-11,16H,3,12-15H2,1-2H3/b11-6+. The van der Waals surface area contributed by atoms with E-state index in [2.05, 4.69) is 15.9 Å². The van der Waals surface area contributed by atoms with Crippen LogP contribution < -0.4 is 9.47 Å².